The van der Waals surface area contributed by atoms with Gasteiger partial charge in [0.05, 0.1) is 0 Å². The molecule has 0 fully saturated rings. The van der Waals surface area contributed by atoms with E-state index in [1.807, 2.05) is 48.2 Å². The lowest BCUT2D eigenvalue weighted by atomic mass is 9.93. The maximum Gasteiger partial charge on any atom is 0.119 e. The van der Waals surface area contributed by atoms with Crippen molar-refractivity contribution in [3.63, 3.8) is 0 Å². The number of aromatic hydroxyl groups is 2. The van der Waals surface area contributed by atoms with Crippen molar-refractivity contribution in [1.82, 2.24) is 0 Å². The van der Waals surface area contributed by atoms with Crippen LogP contribution in [0, 0.1) is 0 Å². The molecule has 2 aromatic rings. The maximum atomic E-state index is 10.5. The van der Waals surface area contributed by atoms with Crippen LogP contribution >= 0.6 is 11.8 Å². The zero-order valence-electron chi connectivity index (χ0n) is 21.0. The van der Waals surface area contributed by atoms with Crippen molar-refractivity contribution in [3.05, 3.63) is 59.7 Å². The summed E-state index contributed by atoms with van der Waals surface area (Å²) in [5.74, 6) is 3.67. The second kappa shape index (κ2) is 16.9. The standard InChI is InChI=1S/C30H46O2S/c1-3-5-7-9-11-17-25(27-19-13-15-21-29(27)31)23-33-24-26(18-12-10-8-6-4-2)28-20-14-16-22-30(28)32/h13-16,19-22,25-26,31-32H,3-12,17-18,23-24H2,1-2H3. The van der Waals surface area contributed by atoms with Gasteiger partial charge >= 0.3 is 0 Å². The van der Waals surface area contributed by atoms with Gasteiger partial charge in [0.25, 0.3) is 0 Å². The van der Waals surface area contributed by atoms with E-state index < -0.39 is 0 Å². The van der Waals surface area contributed by atoms with Crippen LogP contribution in [0.1, 0.15) is 114 Å². The molecule has 0 aromatic heterocycles. The van der Waals surface area contributed by atoms with Crippen LogP contribution in [0.5, 0.6) is 11.5 Å². The van der Waals surface area contributed by atoms with E-state index in [0.29, 0.717) is 23.3 Å². The van der Waals surface area contributed by atoms with Crippen molar-refractivity contribution in [3.8, 4) is 11.5 Å². The van der Waals surface area contributed by atoms with E-state index in [1.54, 1.807) is 0 Å². The van der Waals surface area contributed by atoms with Crippen molar-refractivity contribution in [2.24, 2.45) is 0 Å². The zero-order valence-corrected chi connectivity index (χ0v) is 21.8. The summed E-state index contributed by atoms with van der Waals surface area (Å²) in [5, 5.41) is 21.0. The summed E-state index contributed by atoms with van der Waals surface area (Å²) < 4.78 is 0. The van der Waals surface area contributed by atoms with Crippen LogP contribution in [0.2, 0.25) is 0 Å². The van der Waals surface area contributed by atoms with Gasteiger partial charge in [0.15, 0.2) is 0 Å². The Kier molecular flexibility index (Phi) is 14.2. The summed E-state index contributed by atoms with van der Waals surface area (Å²) in [6.07, 6.45) is 15.1. The molecular weight excluding hydrogens is 424 g/mol. The molecule has 2 N–H and O–H groups in total. The Morgan fingerprint density at radius 1 is 0.576 bits per heavy atom. The molecule has 0 heterocycles. The second-order valence-electron chi connectivity index (χ2n) is 9.45. The lowest BCUT2D eigenvalue weighted by Crippen LogP contribution is -2.08. The highest BCUT2D eigenvalue weighted by molar-refractivity contribution is 7.99. The summed E-state index contributed by atoms with van der Waals surface area (Å²) in [6.45, 7) is 4.51. The van der Waals surface area contributed by atoms with Crippen molar-refractivity contribution in [2.75, 3.05) is 11.5 Å². The molecule has 0 amide bonds. The summed E-state index contributed by atoms with van der Waals surface area (Å²) in [5.41, 5.74) is 2.19. The Bertz CT molecular complexity index is 697. The Balaban J connectivity index is 1.98. The monoisotopic (exact) mass is 470 g/mol. The molecule has 33 heavy (non-hydrogen) atoms. The van der Waals surface area contributed by atoms with E-state index in [4.69, 9.17) is 0 Å². The van der Waals surface area contributed by atoms with Crippen LogP contribution in [0.4, 0.5) is 0 Å². The van der Waals surface area contributed by atoms with Gasteiger partial charge in [-0.1, -0.05) is 114 Å². The van der Waals surface area contributed by atoms with Gasteiger partial charge in [-0.05, 0) is 47.9 Å². The SMILES string of the molecule is CCCCCCCC(CSCC(CCCCCCC)c1ccccc1O)c1ccccc1O. The van der Waals surface area contributed by atoms with Gasteiger partial charge in [-0.25, -0.2) is 0 Å². The number of benzene rings is 2. The summed E-state index contributed by atoms with van der Waals surface area (Å²) in [6, 6.07) is 15.8. The fraction of sp³-hybridized carbons (Fsp3) is 0.600. The number of hydrogen-bond donors (Lipinski definition) is 2. The molecule has 2 rings (SSSR count). The van der Waals surface area contributed by atoms with Crippen LogP contribution in [-0.2, 0) is 0 Å². The first-order chi connectivity index (χ1) is 16.2. The second-order valence-corrected chi connectivity index (χ2v) is 10.5. The highest BCUT2D eigenvalue weighted by Crippen LogP contribution is 2.36. The number of thioether (sulfide) groups is 1. The molecule has 0 saturated carbocycles. The van der Waals surface area contributed by atoms with E-state index in [0.717, 1.165) is 35.5 Å². The zero-order chi connectivity index (χ0) is 23.7. The summed E-state index contributed by atoms with van der Waals surface area (Å²) >= 11 is 1.99. The molecule has 0 aliphatic heterocycles. The molecule has 0 bridgehead atoms. The predicted octanol–water partition coefficient (Wildman–Crippen LogP) is 9.42. The highest BCUT2D eigenvalue weighted by atomic mass is 32.2. The van der Waals surface area contributed by atoms with Crippen LogP contribution in [-0.4, -0.2) is 21.7 Å². The summed E-state index contributed by atoms with van der Waals surface area (Å²) in [7, 11) is 0. The molecule has 0 spiro atoms. The molecule has 3 heteroatoms. The predicted molar refractivity (Wildman–Crippen MR) is 146 cm³/mol. The van der Waals surface area contributed by atoms with E-state index in [2.05, 4.69) is 26.0 Å². The molecule has 0 aliphatic carbocycles. The van der Waals surface area contributed by atoms with Gasteiger partial charge in [-0.3, -0.25) is 0 Å². The molecule has 2 aromatic carbocycles. The van der Waals surface area contributed by atoms with Gasteiger partial charge in [-0.15, -0.1) is 0 Å². The van der Waals surface area contributed by atoms with Gasteiger partial charge in [0.2, 0.25) is 0 Å². The third-order valence-electron chi connectivity index (χ3n) is 6.70. The molecular formula is C30H46O2S. The van der Waals surface area contributed by atoms with Gasteiger partial charge in [-0.2, -0.15) is 11.8 Å². The Labute approximate surface area is 207 Å². The first-order valence-corrected chi connectivity index (χ1v) is 14.5. The van der Waals surface area contributed by atoms with Crippen molar-refractivity contribution in [1.29, 1.82) is 0 Å². The molecule has 184 valence electrons. The van der Waals surface area contributed by atoms with Gasteiger partial charge < -0.3 is 10.2 Å². The van der Waals surface area contributed by atoms with Crippen LogP contribution in [0.3, 0.4) is 0 Å². The number of phenols is 2. The maximum absolute atomic E-state index is 10.5. The average Bonchev–Trinajstić information content (AvgIpc) is 2.82. The molecule has 2 atom stereocenters. The quantitative estimate of drug-likeness (QED) is 0.213. The molecule has 2 nitrogen and oxygen atoms in total. The minimum Gasteiger partial charge on any atom is -0.508 e. The average molecular weight is 471 g/mol. The fourth-order valence-corrected chi connectivity index (χ4v) is 6.06. The normalized spacial score (nSPS) is 13.2. The molecule has 0 saturated heterocycles. The molecule has 0 aliphatic rings. The fourth-order valence-electron chi connectivity index (χ4n) is 4.66. The van der Waals surface area contributed by atoms with E-state index in [9.17, 15) is 10.2 Å². The number of rotatable bonds is 18. The highest BCUT2D eigenvalue weighted by Gasteiger charge is 2.19. The van der Waals surface area contributed by atoms with Crippen molar-refractivity contribution >= 4 is 11.8 Å². The van der Waals surface area contributed by atoms with Crippen molar-refractivity contribution < 1.29 is 10.2 Å². The minimum absolute atomic E-state index is 0.382. The lowest BCUT2D eigenvalue weighted by Gasteiger charge is -2.22. The number of hydrogen-bond acceptors (Lipinski definition) is 3. The smallest absolute Gasteiger partial charge is 0.119 e. The van der Waals surface area contributed by atoms with Crippen molar-refractivity contribution in [2.45, 2.75) is 103 Å². The van der Waals surface area contributed by atoms with E-state index >= 15 is 0 Å². The van der Waals surface area contributed by atoms with E-state index in [-0.39, 0.29) is 0 Å². The van der Waals surface area contributed by atoms with Gasteiger partial charge in [0, 0.05) is 11.5 Å². The van der Waals surface area contributed by atoms with Gasteiger partial charge in [0.1, 0.15) is 11.5 Å². The number of para-hydroxylation sites is 2. The first-order valence-electron chi connectivity index (χ1n) is 13.3. The third kappa shape index (κ3) is 10.5. The summed E-state index contributed by atoms with van der Waals surface area (Å²) in [4.78, 5) is 0. The Hall–Kier alpha value is -1.61. The third-order valence-corrected chi connectivity index (χ3v) is 7.98. The topological polar surface area (TPSA) is 40.5 Å². The van der Waals surface area contributed by atoms with Crippen LogP contribution in [0.25, 0.3) is 0 Å². The van der Waals surface area contributed by atoms with Crippen LogP contribution < -0.4 is 0 Å². The first kappa shape index (κ1) is 27.6. The Morgan fingerprint density at radius 3 is 1.36 bits per heavy atom. The molecule has 0 radical (unpaired) electrons. The lowest BCUT2D eigenvalue weighted by molar-refractivity contribution is 0.458. The van der Waals surface area contributed by atoms with E-state index in [1.165, 1.54) is 64.2 Å². The number of unbranched alkanes of at least 4 members (excludes halogenated alkanes) is 8. The van der Waals surface area contributed by atoms with Crippen LogP contribution in [0.15, 0.2) is 48.5 Å². The minimum atomic E-state index is 0.382. The Morgan fingerprint density at radius 2 is 0.970 bits per heavy atom. The number of phenolic OH excluding ortho intramolecular Hbond substituents is 2. The largest absolute Gasteiger partial charge is 0.508 e. The molecule has 2 unspecified atom stereocenters.